The number of rotatable bonds is 6. The Morgan fingerprint density at radius 3 is 2.29 bits per heavy atom. The molecule has 0 saturated carbocycles. The molecule has 0 amide bonds. The van der Waals surface area contributed by atoms with Crippen molar-refractivity contribution in [1.82, 2.24) is 0 Å². The molecule has 0 saturated heterocycles. The summed E-state index contributed by atoms with van der Waals surface area (Å²) in [5.41, 5.74) is 2.85. The summed E-state index contributed by atoms with van der Waals surface area (Å²) in [6, 6.07) is 15.5. The minimum Gasteiger partial charge on any atom is -0.493 e. The van der Waals surface area contributed by atoms with E-state index in [9.17, 15) is 0 Å². The second-order valence-electron chi connectivity index (χ2n) is 4.88. The van der Waals surface area contributed by atoms with Crippen molar-refractivity contribution in [1.29, 1.82) is 5.26 Å². The molecule has 0 aliphatic heterocycles. The van der Waals surface area contributed by atoms with Crippen molar-refractivity contribution in [3.05, 3.63) is 59.2 Å². The van der Waals surface area contributed by atoms with E-state index < -0.39 is 0 Å². The van der Waals surface area contributed by atoms with Crippen LogP contribution in [0.1, 0.15) is 23.1 Å². The highest BCUT2D eigenvalue weighted by molar-refractivity contribution is 5.42. The average Bonchev–Trinajstić information content (AvgIpc) is 2.50. The summed E-state index contributed by atoms with van der Waals surface area (Å²) < 4.78 is 11.4. The number of hydrogen-bond acceptors (Lipinski definition) is 3. The van der Waals surface area contributed by atoms with E-state index in [1.807, 2.05) is 50.2 Å². The quantitative estimate of drug-likeness (QED) is 0.751. The van der Waals surface area contributed by atoms with Crippen molar-refractivity contribution in [3.8, 4) is 17.6 Å². The van der Waals surface area contributed by atoms with Crippen LogP contribution in [0.25, 0.3) is 0 Å². The van der Waals surface area contributed by atoms with E-state index in [-0.39, 0.29) is 0 Å². The first-order valence-corrected chi connectivity index (χ1v) is 7.03. The van der Waals surface area contributed by atoms with Gasteiger partial charge in [0.1, 0.15) is 17.6 Å². The topological polar surface area (TPSA) is 42.2 Å². The van der Waals surface area contributed by atoms with Crippen LogP contribution in [-0.2, 0) is 0 Å². The fraction of sp³-hybridized carbons (Fsp3) is 0.278. The van der Waals surface area contributed by atoms with Crippen LogP contribution in [-0.4, -0.2) is 13.2 Å². The Bertz CT molecular complexity index is 624. The maximum Gasteiger partial charge on any atom is 0.137 e. The van der Waals surface area contributed by atoms with Crippen molar-refractivity contribution < 1.29 is 9.47 Å². The van der Waals surface area contributed by atoms with E-state index in [1.54, 1.807) is 6.07 Å². The first-order valence-electron chi connectivity index (χ1n) is 7.03. The van der Waals surface area contributed by atoms with Crippen LogP contribution >= 0.6 is 0 Å². The highest BCUT2D eigenvalue weighted by Crippen LogP contribution is 2.22. The molecule has 0 aliphatic carbocycles. The largest absolute Gasteiger partial charge is 0.493 e. The van der Waals surface area contributed by atoms with Gasteiger partial charge < -0.3 is 9.47 Å². The van der Waals surface area contributed by atoms with Gasteiger partial charge in [0.15, 0.2) is 0 Å². The van der Waals surface area contributed by atoms with Crippen molar-refractivity contribution in [2.75, 3.05) is 13.2 Å². The van der Waals surface area contributed by atoms with Crippen LogP contribution in [0.5, 0.6) is 11.5 Å². The molecule has 0 bridgehead atoms. The molecule has 21 heavy (non-hydrogen) atoms. The van der Waals surface area contributed by atoms with Crippen LogP contribution < -0.4 is 9.47 Å². The van der Waals surface area contributed by atoms with Crippen molar-refractivity contribution in [3.63, 3.8) is 0 Å². The maximum atomic E-state index is 8.98. The second-order valence-corrected chi connectivity index (χ2v) is 4.88. The first-order chi connectivity index (χ1) is 10.2. The van der Waals surface area contributed by atoms with Gasteiger partial charge in [0.25, 0.3) is 0 Å². The maximum absolute atomic E-state index is 8.98. The van der Waals surface area contributed by atoms with Crippen LogP contribution in [0.15, 0.2) is 42.5 Å². The fourth-order valence-corrected chi connectivity index (χ4v) is 2.13. The molecule has 0 atom stereocenters. The van der Waals surface area contributed by atoms with Crippen LogP contribution in [0, 0.1) is 25.2 Å². The minimum absolute atomic E-state index is 0.531. The third-order valence-corrected chi connectivity index (χ3v) is 3.21. The lowest BCUT2D eigenvalue weighted by atomic mass is 10.1. The van der Waals surface area contributed by atoms with E-state index >= 15 is 0 Å². The Kier molecular flexibility index (Phi) is 5.22. The zero-order chi connectivity index (χ0) is 15.1. The summed E-state index contributed by atoms with van der Waals surface area (Å²) in [5.74, 6) is 1.59. The van der Waals surface area contributed by atoms with E-state index in [4.69, 9.17) is 14.7 Å². The van der Waals surface area contributed by atoms with Gasteiger partial charge in [0.05, 0.1) is 18.8 Å². The summed E-state index contributed by atoms with van der Waals surface area (Å²) in [6.07, 6.45) is 0.771. The van der Waals surface area contributed by atoms with E-state index in [1.165, 1.54) is 0 Å². The van der Waals surface area contributed by atoms with Gasteiger partial charge in [-0.3, -0.25) is 0 Å². The predicted octanol–water partition coefficient (Wildman–Crippen LogP) is 4.02. The van der Waals surface area contributed by atoms with Crippen LogP contribution in [0.3, 0.4) is 0 Å². The molecule has 0 aliphatic rings. The van der Waals surface area contributed by atoms with Crippen molar-refractivity contribution >= 4 is 0 Å². The number of ether oxygens (including phenoxy) is 2. The van der Waals surface area contributed by atoms with Crippen molar-refractivity contribution in [2.45, 2.75) is 20.3 Å². The Morgan fingerprint density at radius 1 is 0.905 bits per heavy atom. The van der Waals surface area contributed by atoms with E-state index in [0.717, 1.165) is 23.3 Å². The first kappa shape index (κ1) is 14.9. The third-order valence-electron chi connectivity index (χ3n) is 3.21. The molecule has 0 heterocycles. The molecule has 108 valence electrons. The van der Waals surface area contributed by atoms with E-state index in [2.05, 4.69) is 6.07 Å². The number of aryl methyl sites for hydroxylation is 2. The molecule has 0 radical (unpaired) electrons. The monoisotopic (exact) mass is 281 g/mol. The molecular weight excluding hydrogens is 262 g/mol. The molecule has 0 unspecified atom stereocenters. The third kappa shape index (κ3) is 4.00. The molecule has 0 N–H and O–H groups in total. The average molecular weight is 281 g/mol. The summed E-state index contributed by atoms with van der Waals surface area (Å²) in [6.45, 7) is 5.22. The van der Waals surface area contributed by atoms with Gasteiger partial charge in [0.2, 0.25) is 0 Å². The lowest BCUT2D eigenvalue weighted by Crippen LogP contribution is -2.07. The number of nitriles is 1. The fourth-order valence-electron chi connectivity index (χ4n) is 2.13. The number of hydrogen-bond donors (Lipinski definition) is 0. The van der Waals surface area contributed by atoms with Gasteiger partial charge in [0, 0.05) is 6.42 Å². The molecular formula is C18H19NO2. The highest BCUT2D eigenvalue weighted by atomic mass is 16.5. The number of para-hydroxylation sites is 2. The molecule has 2 aromatic carbocycles. The molecule has 2 aromatic rings. The highest BCUT2D eigenvalue weighted by Gasteiger charge is 2.04. The lowest BCUT2D eigenvalue weighted by molar-refractivity contribution is 0.245. The summed E-state index contributed by atoms with van der Waals surface area (Å²) >= 11 is 0. The Morgan fingerprint density at radius 2 is 1.57 bits per heavy atom. The minimum atomic E-state index is 0.531. The predicted molar refractivity (Wildman–Crippen MR) is 82.7 cm³/mol. The van der Waals surface area contributed by atoms with Crippen molar-refractivity contribution in [2.24, 2.45) is 0 Å². The summed E-state index contributed by atoms with van der Waals surface area (Å²) in [4.78, 5) is 0. The molecule has 0 fully saturated rings. The zero-order valence-electron chi connectivity index (χ0n) is 12.4. The van der Waals surface area contributed by atoms with Gasteiger partial charge in [-0.15, -0.1) is 0 Å². The van der Waals surface area contributed by atoms with Gasteiger partial charge in [-0.05, 0) is 37.1 Å². The standard InChI is InChI=1S/C18H19NO2/c1-14-7-5-8-15(2)18(14)21-12-6-11-20-17-10-4-3-9-16(17)13-19/h3-5,7-10H,6,11-12H2,1-2H3. The number of nitrogens with zero attached hydrogens (tertiary/aromatic N) is 1. The normalized spacial score (nSPS) is 9.95. The van der Waals surface area contributed by atoms with Crippen LogP contribution in [0.2, 0.25) is 0 Å². The Hall–Kier alpha value is -2.47. The molecule has 0 spiro atoms. The van der Waals surface area contributed by atoms with Crippen LogP contribution in [0.4, 0.5) is 0 Å². The molecule has 0 aromatic heterocycles. The Balaban J connectivity index is 1.79. The summed E-state index contributed by atoms with van der Waals surface area (Å²) in [7, 11) is 0. The number of benzene rings is 2. The zero-order valence-corrected chi connectivity index (χ0v) is 12.4. The van der Waals surface area contributed by atoms with E-state index in [0.29, 0.717) is 24.5 Å². The van der Waals surface area contributed by atoms with Gasteiger partial charge in [-0.1, -0.05) is 30.3 Å². The lowest BCUT2D eigenvalue weighted by Gasteiger charge is -2.12. The van der Waals surface area contributed by atoms with Gasteiger partial charge in [-0.25, -0.2) is 0 Å². The summed E-state index contributed by atoms with van der Waals surface area (Å²) in [5, 5.41) is 8.98. The van der Waals surface area contributed by atoms with Gasteiger partial charge >= 0.3 is 0 Å². The SMILES string of the molecule is Cc1cccc(C)c1OCCCOc1ccccc1C#N. The van der Waals surface area contributed by atoms with Gasteiger partial charge in [-0.2, -0.15) is 5.26 Å². The smallest absolute Gasteiger partial charge is 0.137 e. The Labute approximate surface area is 125 Å². The second kappa shape index (κ2) is 7.35. The molecule has 3 heteroatoms. The molecule has 3 nitrogen and oxygen atoms in total. The molecule has 2 rings (SSSR count).